The molecule has 3 heterocycles. The van der Waals surface area contributed by atoms with Crippen molar-refractivity contribution in [2.45, 2.75) is 33.5 Å². The summed E-state index contributed by atoms with van der Waals surface area (Å²) < 4.78 is 2.13. The van der Waals surface area contributed by atoms with Crippen LogP contribution in [-0.4, -0.2) is 20.4 Å². The molecule has 0 spiro atoms. The lowest BCUT2D eigenvalue weighted by molar-refractivity contribution is 0.0950. The number of hydrogen-bond donors (Lipinski definition) is 2. The smallest absolute Gasteiger partial charge is 0.253 e. The molecule has 0 atom stereocenters. The molecule has 0 unspecified atom stereocenters. The number of nitrogens with two attached hydrogens (primary N) is 1. The van der Waals surface area contributed by atoms with Crippen molar-refractivity contribution in [3.8, 4) is 10.6 Å². The van der Waals surface area contributed by atoms with E-state index in [1.54, 1.807) is 17.5 Å². The molecule has 1 aromatic carbocycles. The molecule has 31 heavy (non-hydrogen) atoms. The summed E-state index contributed by atoms with van der Waals surface area (Å²) in [6, 6.07) is 13.8. The number of hydrogen-bond acceptors (Lipinski definition) is 5. The van der Waals surface area contributed by atoms with Gasteiger partial charge >= 0.3 is 0 Å². The van der Waals surface area contributed by atoms with E-state index in [9.17, 15) is 4.79 Å². The van der Waals surface area contributed by atoms with Crippen LogP contribution in [0, 0.1) is 13.8 Å². The molecule has 3 N–H and O–H groups in total. The maximum atomic E-state index is 12.8. The molecule has 0 saturated carbocycles. The van der Waals surface area contributed by atoms with E-state index < -0.39 is 0 Å². The fraction of sp³-hybridized carbons (Fsp3) is 0.208. The van der Waals surface area contributed by atoms with Crippen LogP contribution in [0.2, 0.25) is 0 Å². The van der Waals surface area contributed by atoms with E-state index in [0.717, 1.165) is 38.8 Å². The molecule has 0 radical (unpaired) electrons. The number of carbonyl (C=O) groups excluding carboxylic acids is 1. The number of nitrogens with one attached hydrogen (secondary N) is 1. The number of aromatic nitrogens is 3. The largest absolute Gasteiger partial charge is 0.348 e. The SMILES string of the molecule is Cc1cc(C(=O)NCc2ccc(CN)cc2)c(C)n1Cc1csc(-c2cccnc2)n1. The van der Waals surface area contributed by atoms with E-state index in [1.165, 1.54) is 0 Å². The standard InChI is InChI=1S/C24H25N5OS/c1-16-10-22(23(30)27-12-19-7-5-18(11-25)6-8-19)17(2)29(16)14-21-15-31-24(28-21)20-4-3-9-26-13-20/h3-10,13,15H,11-12,14,25H2,1-2H3,(H,27,30). The van der Waals surface area contributed by atoms with Gasteiger partial charge in [0.15, 0.2) is 0 Å². The van der Waals surface area contributed by atoms with Gasteiger partial charge in [-0.15, -0.1) is 11.3 Å². The molecule has 6 nitrogen and oxygen atoms in total. The fourth-order valence-corrected chi connectivity index (χ4v) is 4.31. The Kier molecular flexibility index (Phi) is 6.25. The van der Waals surface area contributed by atoms with Crippen LogP contribution in [0.3, 0.4) is 0 Å². The second-order valence-electron chi connectivity index (χ2n) is 7.46. The number of carbonyl (C=O) groups is 1. The lowest BCUT2D eigenvalue weighted by Crippen LogP contribution is -2.23. The molecule has 0 saturated heterocycles. The highest BCUT2D eigenvalue weighted by atomic mass is 32.1. The lowest BCUT2D eigenvalue weighted by Gasteiger charge is -2.09. The second kappa shape index (κ2) is 9.24. The van der Waals surface area contributed by atoms with E-state index >= 15 is 0 Å². The summed E-state index contributed by atoms with van der Waals surface area (Å²) in [4.78, 5) is 21.7. The van der Waals surface area contributed by atoms with Gasteiger partial charge in [0, 0.05) is 47.8 Å². The summed E-state index contributed by atoms with van der Waals surface area (Å²) in [5, 5.41) is 6.03. The van der Waals surface area contributed by atoms with Crippen molar-refractivity contribution in [1.82, 2.24) is 19.9 Å². The predicted octanol–water partition coefficient (Wildman–Crippen LogP) is 4.06. The van der Waals surface area contributed by atoms with Gasteiger partial charge in [-0.05, 0) is 43.2 Å². The van der Waals surface area contributed by atoms with Gasteiger partial charge < -0.3 is 15.6 Å². The number of benzene rings is 1. The van der Waals surface area contributed by atoms with Crippen LogP contribution < -0.4 is 11.1 Å². The zero-order valence-electron chi connectivity index (χ0n) is 17.6. The first-order valence-corrected chi connectivity index (χ1v) is 11.0. The maximum absolute atomic E-state index is 12.8. The average Bonchev–Trinajstić information content (AvgIpc) is 3.39. The Balaban J connectivity index is 1.45. The minimum Gasteiger partial charge on any atom is -0.348 e. The Morgan fingerprint density at radius 3 is 2.65 bits per heavy atom. The quantitative estimate of drug-likeness (QED) is 0.462. The number of nitrogens with zero attached hydrogens (tertiary/aromatic N) is 3. The lowest BCUT2D eigenvalue weighted by atomic mass is 10.1. The number of aryl methyl sites for hydroxylation is 1. The number of pyridine rings is 1. The minimum absolute atomic E-state index is 0.0726. The summed E-state index contributed by atoms with van der Waals surface area (Å²) in [7, 11) is 0. The van der Waals surface area contributed by atoms with Gasteiger partial charge in [0.2, 0.25) is 0 Å². The third-order valence-electron chi connectivity index (χ3n) is 5.31. The van der Waals surface area contributed by atoms with Crippen LogP contribution in [0.25, 0.3) is 10.6 Å². The normalized spacial score (nSPS) is 10.9. The first-order chi connectivity index (χ1) is 15.0. The third kappa shape index (κ3) is 4.73. The van der Waals surface area contributed by atoms with Crippen molar-refractivity contribution in [2.75, 3.05) is 0 Å². The molecule has 0 fully saturated rings. The van der Waals surface area contributed by atoms with E-state index in [-0.39, 0.29) is 5.91 Å². The second-order valence-corrected chi connectivity index (χ2v) is 8.32. The number of thiazole rings is 1. The number of amides is 1. The molecule has 0 bridgehead atoms. The molecular weight excluding hydrogens is 406 g/mol. The van der Waals surface area contributed by atoms with Crippen LogP contribution in [0.1, 0.15) is 38.6 Å². The van der Waals surface area contributed by atoms with E-state index in [1.807, 2.05) is 62.5 Å². The van der Waals surface area contributed by atoms with Crippen LogP contribution in [0.5, 0.6) is 0 Å². The Bertz CT molecular complexity index is 1180. The summed E-state index contributed by atoms with van der Waals surface area (Å²) in [5.41, 5.74) is 12.4. The fourth-order valence-electron chi connectivity index (χ4n) is 3.51. The maximum Gasteiger partial charge on any atom is 0.253 e. The Morgan fingerprint density at radius 2 is 1.94 bits per heavy atom. The third-order valence-corrected chi connectivity index (χ3v) is 6.25. The summed E-state index contributed by atoms with van der Waals surface area (Å²) >= 11 is 1.60. The molecule has 4 rings (SSSR count). The van der Waals surface area contributed by atoms with Gasteiger partial charge in [-0.1, -0.05) is 24.3 Å². The Morgan fingerprint density at radius 1 is 1.16 bits per heavy atom. The van der Waals surface area contributed by atoms with Crippen molar-refractivity contribution in [1.29, 1.82) is 0 Å². The first-order valence-electron chi connectivity index (χ1n) is 10.1. The van der Waals surface area contributed by atoms with Gasteiger partial charge in [0.1, 0.15) is 5.01 Å². The average molecular weight is 432 g/mol. The van der Waals surface area contributed by atoms with Crippen molar-refractivity contribution >= 4 is 17.2 Å². The number of rotatable bonds is 7. The van der Waals surface area contributed by atoms with Crippen molar-refractivity contribution in [2.24, 2.45) is 5.73 Å². The molecule has 0 aliphatic carbocycles. The van der Waals surface area contributed by atoms with Gasteiger partial charge in [0.05, 0.1) is 17.8 Å². The van der Waals surface area contributed by atoms with Gasteiger partial charge in [0.25, 0.3) is 5.91 Å². The molecular formula is C24H25N5OS. The molecule has 1 amide bonds. The van der Waals surface area contributed by atoms with Crippen LogP contribution in [-0.2, 0) is 19.6 Å². The van der Waals surface area contributed by atoms with Crippen LogP contribution in [0.4, 0.5) is 0 Å². The van der Waals surface area contributed by atoms with Crippen molar-refractivity contribution in [3.05, 3.63) is 94.0 Å². The van der Waals surface area contributed by atoms with Crippen molar-refractivity contribution in [3.63, 3.8) is 0 Å². The zero-order chi connectivity index (χ0) is 21.8. The van der Waals surface area contributed by atoms with E-state index in [2.05, 4.69) is 20.2 Å². The minimum atomic E-state index is -0.0726. The summed E-state index contributed by atoms with van der Waals surface area (Å²) in [6.45, 7) is 5.62. The monoisotopic (exact) mass is 431 g/mol. The van der Waals surface area contributed by atoms with E-state index in [0.29, 0.717) is 25.2 Å². The Labute approximate surface area is 185 Å². The molecule has 158 valence electrons. The highest BCUT2D eigenvalue weighted by molar-refractivity contribution is 7.13. The molecule has 3 aromatic heterocycles. The van der Waals surface area contributed by atoms with Crippen LogP contribution in [0.15, 0.2) is 60.2 Å². The Hall–Kier alpha value is -3.29. The predicted molar refractivity (Wildman–Crippen MR) is 124 cm³/mol. The summed E-state index contributed by atoms with van der Waals surface area (Å²) in [6.07, 6.45) is 3.58. The molecule has 7 heteroatoms. The van der Waals surface area contributed by atoms with Crippen molar-refractivity contribution < 1.29 is 4.79 Å². The highest BCUT2D eigenvalue weighted by Gasteiger charge is 2.16. The molecule has 4 aromatic rings. The molecule has 0 aliphatic rings. The van der Waals surface area contributed by atoms with Gasteiger partial charge in [-0.3, -0.25) is 9.78 Å². The molecule has 0 aliphatic heterocycles. The van der Waals surface area contributed by atoms with Crippen LogP contribution >= 0.6 is 11.3 Å². The van der Waals surface area contributed by atoms with E-state index in [4.69, 9.17) is 10.7 Å². The highest BCUT2D eigenvalue weighted by Crippen LogP contribution is 2.24. The van der Waals surface area contributed by atoms with Gasteiger partial charge in [-0.2, -0.15) is 0 Å². The summed E-state index contributed by atoms with van der Waals surface area (Å²) in [5.74, 6) is -0.0726. The van der Waals surface area contributed by atoms with Gasteiger partial charge in [-0.25, -0.2) is 4.98 Å². The topological polar surface area (TPSA) is 85.8 Å². The first kappa shape index (κ1) is 21.0. The zero-order valence-corrected chi connectivity index (χ0v) is 18.4.